The van der Waals surface area contributed by atoms with Gasteiger partial charge >= 0.3 is 0 Å². The number of nitrogens with zero attached hydrogens (tertiary/aromatic N) is 2. The molecule has 0 spiro atoms. The Hall–Kier alpha value is -2.07. The van der Waals surface area contributed by atoms with Crippen LogP contribution in [0.2, 0.25) is 5.28 Å². The van der Waals surface area contributed by atoms with E-state index in [2.05, 4.69) is 44.5 Å². The summed E-state index contributed by atoms with van der Waals surface area (Å²) in [5.41, 5.74) is 2.31. The highest BCUT2D eigenvalue weighted by Crippen LogP contribution is 2.15. The predicted molar refractivity (Wildman–Crippen MR) is 72.7 cm³/mol. The molecule has 0 unspecified atom stereocenters. The Morgan fingerprint density at radius 2 is 2.17 bits per heavy atom. The molecule has 5 heteroatoms. The average molecular weight is 259 g/mol. The van der Waals surface area contributed by atoms with Crippen molar-refractivity contribution in [1.29, 1.82) is 0 Å². The summed E-state index contributed by atoms with van der Waals surface area (Å²) in [5.74, 6) is 0.724. The third-order valence-electron chi connectivity index (χ3n) is 2.72. The van der Waals surface area contributed by atoms with E-state index in [9.17, 15) is 0 Å². The Morgan fingerprint density at radius 1 is 1.22 bits per heavy atom. The van der Waals surface area contributed by atoms with Gasteiger partial charge in [-0.3, -0.25) is 0 Å². The van der Waals surface area contributed by atoms with E-state index in [1.54, 1.807) is 12.3 Å². The second-order valence-corrected chi connectivity index (χ2v) is 4.30. The molecule has 2 heterocycles. The van der Waals surface area contributed by atoms with E-state index in [1.807, 2.05) is 6.20 Å². The zero-order chi connectivity index (χ0) is 12.4. The van der Waals surface area contributed by atoms with Crippen LogP contribution in [0.4, 0.5) is 5.82 Å². The molecule has 0 aliphatic carbocycles. The van der Waals surface area contributed by atoms with E-state index in [1.165, 1.54) is 10.9 Å². The second kappa shape index (κ2) is 4.66. The van der Waals surface area contributed by atoms with Gasteiger partial charge in [-0.1, -0.05) is 12.1 Å². The zero-order valence-corrected chi connectivity index (χ0v) is 10.3. The fraction of sp³-hybridized carbons (Fsp3) is 0.0769. The van der Waals surface area contributed by atoms with Gasteiger partial charge in [0.15, 0.2) is 0 Å². The molecule has 3 aromatic rings. The first kappa shape index (κ1) is 11.0. The largest absolute Gasteiger partial charge is 0.366 e. The number of halogens is 1. The molecule has 0 amide bonds. The molecule has 0 saturated carbocycles. The first-order valence-electron chi connectivity index (χ1n) is 5.60. The highest BCUT2D eigenvalue weighted by atomic mass is 35.5. The Kier molecular flexibility index (Phi) is 2.86. The maximum Gasteiger partial charge on any atom is 0.224 e. The minimum atomic E-state index is 0.250. The van der Waals surface area contributed by atoms with Crippen LogP contribution in [-0.2, 0) is 6.54 Å². The quantitative estimate of drug-likeness (QED) is 0.709. The van der Waals surface area contributed by atoms with E-state index < -0.39 is 0 Å². The molecule has 2 N–H and O–H groups in total. The van der Waals surface area contributed by atoms with Crippen molar-refractivity contribution in [2.24, 2.45) is 0 Å². The molecule has 0 fully saturated rings. The normalized spacial score (nSPS) is 10.7. The molecule has 0 atom stereocenters. The van der Waals surface area contributed by atoms with Crippen LogP contribution in [-0.4, -0.2) is 15.0 Å². The molecule has 4 nitrogen and oxygen atoms in total. The number of aromatic nitrogens is 3. The van der Waals surface area contributed by atoms with Crippen LogP contribution >= 0.6 is 11.6 Å². The number of anilines is 1. The van der Waals surface area contributed by atoms with Gasteiger partial charge in [-0.2, -0.15) is 0 Å². The molecule has 0 aliphatic heterocycles. The first-order valence-corrected chi connectivity index (χ1v) is 5.97. The Morgan fingerprint density at radius 3 is 3.06 bits per heavy atom. The van der Waals surface area contributed by atoms with Gasteiger partial charge < -0.3 is 10.3 Å². The highest BCUT2D eigenvalue weighted by Gasteiger charge is 1.99. The van der Waals surface area contributed by atoms with Crippen molar-refractivity contribution in [3.05, 3.63) is 53.6 Å². The number of nitrogens with one attached hydrogen (secondary N) is 2. The first-order chi connectivity index (χ1) is 8.81. The SMILES string of the molecule is Clc1nccc(NCc2ccc3cc[nH]c3c2)n1. The smallest absolute Gasteiger partial charge is 0.224 e. The Balaban J connectivity index is 1.76. The number of fused-ring (bicyclic) bond motifs is 1. The highest BCUT2D eigenvalue weighted by molar-refractivity contribution is 6.28. The Bertz CT molecular complexity index is 677. The molecule has 18 heavy (non-hydrogen) atoms. The summed E-state index contributed by atoms with van der Waals surface area (Å²) in [5, 5.41) is 4.67. The van der Waals surface area contributed by atoms with Crippen LogP contribution in [0.15, 0.2) is 42.7 Å². The van der Waals surface area contributed by atoms with Crippen molar-refractivity contribution in [1.82, 2.24) is 15.0 Å². The predicted octanol–water partition coefficient (Wildman–Crippen LogP) is 3.22. The van der Waals surface area contributed by atoms with Gasteiger partial charge in [-0.15, -0.1) is 0 Å². The molecule has 90 valence electrons. The maximum atomic E-state index is 5.72. The van der Waals surface area contributed by atoms with Crippen molar-refractivity contribution < 1.29 is 0 Å². The summed E-state index contributed by atoms with van der Waals surface area (Å²) < 4.78 is 0. The van der Waals surface area contributed by atoms with Gasteiger partial charge in [0.1, 0.15) is 5.82 Å². The summed E-state index contributed by atoms with van der Waals surface area (Å²) >= 11 is 5.72. The lowest BCUT2D eigenvalue weighted by atomic mass is 10.1. The van der Waals surface area contributed by atoms with E-state index in [4.69, 9.17) is 11.6 Å². The Labute approximate surface area is 109 Å². The topological polar surface area (TPSA) is 53.6 Å². The standard InChI is InChI=1S/C13H11ClN4/c14-13-16-6-4-12(18-13)17-8-9-1-2-10-3-5-15-11(10)7-9/h1-7,15H,8H2,(H,16,17,18). The number of aromatic amines is 1. The zero-order valence-electron chi connectivity index (χ0n) is 9.52. The van der Waals surface area contributed by atoms with Crippen LogP contribution in [0, 0.1) is 0 Å². The van der Waals surface area contributed by atoms with Crippen LogP contribution in [0.1, 0.15) is 5.56 Å². The van der Waals surface area contributed by atoms with E-state index in [0.717, 1.165) is 11.3 Å². The number of hydrogen-bond donors (Lipinski definition) is 2. The minimum absolute atomic E-state index is 0.250. The number of H-pyrrole nitrogens is 1. The van der Waals surface area contributed by atoms with Gasteiger partial charge in [0.2, 0.25) is 5.28 Å². The van der Waals surface area contributed by atoms with Gasteiger partial charge in [0.25, 0.3) is 0 Å². The summed E-state index contributed by atoms with van der Waals surface area (Å²) in [6, 6.07) is 10.1. The van der Waals surface area contributed by atoms with Crippen molar-refractivity contribution in [3.8, 4) is 0 Å². The number of hydrogen-bond acceptors (Lipinski definition) is 3. The molecule has 0 aliphatic rings. The molecule has 0 bridgehead atoms. The molecule has 2 aromatic heterocycles. The molecular weight excluding hydrogens is 248 g/mol. The lowest BCUT2D eigenvalue weighted by molar-refractivity contribution is 1.08. The summed E-state index contributed by atoms with van der Waals surface area (Å²) in [6.45, 7) is 0.697. The van der Waals surface area contributed by atoms with Gasteiger partial charge in [-0.05, 0) is 40.7 Å². The van der Waals surface area contributed by atoms with Crippen LogP contribution in [0.5, 0.6) is 0 Å². The van der Waals surface area contributed by atoms with Crippen molar-refractivity contribution >= 4 is 28.3 Å². The lowest BCUT2D eigenvalue weighted by Gasteiger charge is -2.05. The van der Waals surface area contributed by atoms with Crippen molar-refractivity contribution in [2.75, 3.05) is 5.32 Å². The van der Waals surface area contributed by atoms with Crippen LogP contribution < -0.4 is 5.32 Å². The second-order valence-electron chi connectivity index (χ2n) is 3.96. The number of benzene rings is 1. The van der Waals surface area contributed by atoms with Crippen molar-refractivity contribution in [2.45, 2.75) is 6.54 Å². The van der Waals surface area contributed by atoms with Gasteiger partial charge in [0, 0.05) is 24.5 Å². The fourth-order valence-electron chi connectivity index (χ4n) is 1.83. The van der Waals surface area contributed by atoms with Crippen LogP contribution in [0.3, 0.4) is 0 Å². The minimum Gasteiger partial charge on any atom is -0.366 e. The monoisotopic (exact) mass is 258 g/mol. The summed E-state index contributed by atoms with van der Waals surface area (Å²) in [7, 11) is 0. The third-order valence-corrected chi connectivity index (χ3v) is 2.90. The molecule has 0 saturated heterocycles. The van der Waals surface area contributed by atoms with E-state index >= 15 is 0 Å². The molecule has 0 radical (unpaired) electrons. The van der Waals surface area contributed by atoms with Gasteiger partial charge in [0.05, 0.1) is 0 Å². The molecule has 3 rings (SSSR count). The lowest BCUT2D eigenvalue weighted by Crippen LogP contribution is -2.01. The molecular formula is C13H11ClN4. The van der Waals surface area contributed by atoms with Gasteiger partial charge in [-0.25, -0.2) is 9.97 Å². The average Bonchev–Trinajstić information content (AvgIpc) is 2.84. The molecule has 1 aromatic carbocycles. The third kappa shape index (κ3) is 2.28. The number of rotatable bonds is 3. The van der Waals surface area contributed by atoms with Crippen molar-refractivity contribution in [3.63, 3.8) is 0 Å². The van der Waals surface area contributed by atoms with E-state index in [0.29, 0.717) is 6.54 Å². The summed E-state index contributed by atoms with van der Waals surface area (Å²) in [4.78, 5) is 11.1. The van der Waals surface area contributed by atoms with Crippen LogP contribution in [0.25, 0.3) is 10.9 Å². The fourth-order valence-corrected chi connectivity index (χ4v) is 1.98. The maximum absolute atomic E-state index is 5.72. The summed E-state index contributed by atoms with van der Waals surface area (Å²) in [6.07, 6.45) is 3.57. The van der Waals surface area contributed by atoms with E-state index in [-0.39, 0.29) is 5.28 Å².